The molecule has 22 heavy (non-hydrogen) atoms. The molecular formula is C14H22N4O3S. The largest absolute Gasteiger partial charge is 0.341 e. The number of carbonyl (C=O) groups is 1. The fraction of sp³-hybridized carbons (Fsp3) is 0.714. The van der Waals surface area contributed by atoms with Crippen molar-refractivity contribution in [1.82, 2.24) is 18.8 Å². The molecule has 2 heterocycles. The molecule has 1 saturated heterocycles. The van der Waals surface area contributed by atoms with Crippen molar-refractivity contribution in [2.75, 3.05) is 26.2 Å². The summed E-state index contributed by atoms with van der Waals surface area (Å²) >= 11 is 0. The van der Waals surface area contributed by atoms with Crippen LogP contribution in [0.2, 0.25) is 0 Å². The number of hydrogen-bond acceptors (Lipinski definition) is 4. The number of nitrogens with zero attached hydrogens (tertiary/aromatic N) is 4. The zero-order valence-corrected chi connectivity index (χ0v) is 13.6. The lowest BCUT2D eigenvalue weighted by Gasteiger charge is -2.21. The van der Waals surface area contributed by atoms with Crippen LogP contribution in [0.3, 0.4) is 0 Å². The molecule has 2 fully saturated rings. The van der Waals surface area contributed by atoms with Crippen molar-refractivity contribution in [3.05, 3.63) is 12.5 Å². The van der Waals surface area contributed by atoms with Crippen LogP contribution >= 0.6 is 0 Å². The average Bonchev–Trinajstić information content (AvgIpc) is 3.22. The molecule has 7 nitrogen and oxygen atoms in total. The van der Waals surface area contributed by atoms with Crippen LogP contribution in [0.4, 0.5) is 0 Å². The van der Waals surface area contributed by atoms with Crippen LogP contribution in [-0.4, -0.2) is 59.3 Å². The van der Waals surface area contributed by atoms with Gasteiger partial charge >= 0.3 is 0 Å². The van der Waals surface area contributed by atoms with E-state index in [1.807, 2.05) is 4.90 Å². The number of rotatable bonds is 4. The van der Waals surface area contributed by atoms with E-state index in [1.165, 1.54) is 16.8 Å². The minimum absolute atomic E-state index is 0.0766. The van der Waals surface area contributed by atoms with Crippen molar-refractivity contribution in [2.45, 2.75) is 30.7 Å². The van der Waals surface area contributed by atoms with Crippen LogP contribution in [0.25, 0.3) is 0 Å². The highest BCUT2D eigenvalue weighted by Gasteiger charge is 2.31. The number of carbonyl (C=O) groups excluding carboxylic acids is 1. The normalized spacial score (nSPS) is 20.9. The highest BCUT2D eigenvalue weighted by Crippen LogP contribution is 2.33. The number of amides is 1. The third-order valence-electron chi connectivity index (χ3n) is 4.25. The third kappa shape index (κ3) is 3.33. The van der Waals surface area contributed by atoms with E-state index in [9.17, 15) is 13.2 Å². The van der Waals surface area contributed by atoms with Crippen molar-refractivity contribution >= 4 is 15.9 Å². The molecule has 0 atom stereocenters. The first-order valence-electron chi connectivity index (χ1n) is 7.73. The Morgan fingerprint density at radius 1 is 1.27 bits per heavy atom. The Hall–Kier alpha value is -1.41. The molecule has 0 aromatic carbocycles. The molecule has 1 aliphatic heterocycles. The second kappa shape index (κ2) is 6.00. The Morgan fingerprint density at radius 3 is 2.68 bits per heavy atom. The molecule has 1 aromatic heterocycles. The molecule has 1 amide bonds. The smallest absolute Gasteiger partial charge is 0.262 e. The Balaban J connectivity index is 1.65. The van der Waals surface area contributed by atoms with E-state index >= 15 is 0 Å². The minimum Gasteiger partial charge on any atom is -0.341 e. The predicted octanol–water partition coefficient (Wildman–Crippen LogP) is 0.443. The number of hydrogen-bond donors (Lipinski definition) is 0. The molecule has 0 bridgehead atoms. The highest BCUT2D eigenvalue weighted by molar-refractivity contribution is 7.89. The van der Waals surface area contributed by atoms with Crippen molar-refractivity contribution in [2.24, 2.45) is 13.0 Å². The molecule has 1 aliphatic carbocycles. The van der Waals surface area contributed by atoms with Crippen molar-refractivity contribution in [1.29, 1.82) is 0 Å². The molecule has 0 N–H and O–H groups in total. The van der Waals surface area contributed by atoms with E-state index < -0.39 is 10.0 Å². The van der Waals surface area contributed by atoms with Crippen LogP contribution in [0.15, 0.2) is 17.6 Å². The zero-order chi connectivity index (χ0) is 15.7. The maximum atomic E-state index is 12.6. The van der Waals surface area contributed by atoms with Crippen LogP contribution in [0.1, 0.15) is 25.7 Å². The van der Waals surface area contributed by atoms with Crippen LogP contribution in [-0.2, 0) is 21.9 Å². The summed E-state index contributed by atoms with van der Waals surface area (Å²) in [4.78, 5) is 17.9. The lowest BCUT2D eigenvalue weighted by atomic mass is 10.2. The summed E-state index contributed by atoms with van der Waals surface area (Å²) in [6.07, 6.45) is 6.58. The Labute approximate surface area is 131 Å². The van der Waals surface area contributed by atoms with Gasteiger partial charge in [-0.3, -0.25) is 4.79 Å². The van der Waals surface area contributed by atoms with E-state index in [0.29, 0.717) is 44.9 Å². The van der Waals surface area contributed by atoms with Crippen molar-refractivity contribution in [3.63, 3.8) is 0 Å². The third-order valence-corrected chi connectivity index (χ3v) is 6.04. The Bertz CT molecular complexity index is 651. The summed E-state index contributed by atoms with van der Waals surface area (Å²) in [5.41, 5.74) is 0. The number of aryl methyl sites for hydroxylation is 1. The summed E-state index contributed by atoms with van der Waals surface area (Å²) in [5.74, 6) is 0.726. The first-order chi connectivity index (χ1) is 10.5. The second-order valence-electron chi connectivity index (χ2n) is 6.16. The summed E-state index contributed by atoms with van der Waals surface area (Å²) < 4.78 is 28.2. The first kappa shape index (κ1) is 15.5. The lowest BCUT2D eigenvalue weighted by Crippen LogP contribution is -2.37. The minimum atomic E-state index is -3.56. The maximum absolute atomic E-state index is 12.6. The van der Waals surface area contributed by atoms with E-state index in [4.69, 9.17) is 0 Å². The van der Waals surface area contributed by atoms with Gasteiger partial charge in [0.1, 0.15) is 0 Å². The fourth-order valence-electron chi connectivity index (χ4n) is 2.74. The first-order valence-corrected chi connectivity index (χ1v) is 9.17. The molecule has 0 unspecified atom stereocenters. The summed E-state index contributed by atoms with van der Waals surface area (Å²) in [5, 5.41) is 0.0766. The molecule has 3 rings (SSSR count). The van der Waals surface area contributed by atoms with Gasteiger partial charge in [0, 0.05) is 45.8 Å². The molecule has 0 spiro atoms. The standard InChI is InChI=1S/C14H22N4O3S/c1-16-10-13(15-11-16)22(20,21)18-6-2-5-17(7-8-18)14(19)9-12-3-4-12/h10-12H,2-9H2,1H3. The maximum Gasteiger partial charge on any atom is 0.262 e. The van der Waals surface area contributed by atoms with Gasteiger partial charge in [-0.25, -0.2) is 13.4 Å². The average molecular weight is 326 g/mol. The molecule has 122 valence electrons. The van der Waals surface area contributed by atoms with Crippen LogP contribution in [0.5, 0.6) is 0 Å². The van der Waals surface area contributed by atoms with Gasteiger partial charge in [-0.2, -0.15) is 4.31 Å². The zero-order valence-electron chi connectivity index (χ0n) is 12.8. The van der Waals surface area contributed by atoms with Gasteiger partial charge in [0.2, 0.25) is 5.91 Å². The summed E-state index contributed by atoms with van der Waals surface area (Å²) in [6.45, 7) is 1.89. The Morgan fingerprint density at radius 2 is 2.05 bits per heavy atom. The monoisotopic (exact) mass is 326 g/mol. The lowest BCUT2D eigenvalue weighted by molar-refractivity contribution is -0.131. The number of aromatic nitrogens is 2. The van der Waals surface area contributed by atoms with Gasteiger partial charge in [-0.05, 0) is 25.2 Å². The molecular weight excluding hydrogens is 304 g/mol. The Kier molecular flexibility index (Phi) is 4.22. The van der Waals surface area contributed by atoms with E-state index in [1.54, 1.807) is 11.6 Å². The van der Waals surface area contributed by atoms with E-state index in [0.717, 1.165) is 12.8 Å². The van der Waals surface area contributed by atoms with Gasteiger partial charge in [-0.1, -0.05) is 0 Å². The van der Waals surface area contributed by atoms with Gasteiger partial charge in [0.15, 0.2) is 5.03 Å². The van der Waals surface area contributed by atoms with Crippen molar-refractivity contribution < 1.29 is 13.2 Å². The highest BCUT2D eigenvalue weighted by atomic mass is 32.2. The summed E-state index contributed by atoms with van der Waals surface area (Å²) in [7, 11) is -1.82. The molecule has 1 aromatic rings. The van der Waals surface area contributed by atoms with Crippen LogP contribution in [0, 0.1) is 5.92 Å². The van der Waals surface area contributed by atoms with Crippen molar-refractivity contribution in [3.8, 4) is 0 Å². The summed E-state index contributed by atoms with van der Waals surface area (Å²) in [6, 6.07) is 0. The van der Waals surface area contributed by atoms with Gasteiger partial charge in [0.25, 0.3) is 10.0 Å². The second-order valence-corrected chi connectivity index (χ2v) is 8.05. The molecule has 0 radical (unpaired) electrons. The molecule has 8 heteroatoms. The van der Waals surface area contributed by atoms with Gasteiger partial charge in [-0.15, -0.1) is 0 Å². The molecule has 2 aliphatic rings. The molecule has 1 saturated carbocycles. The van der Waals surface area contributed by atoms with E-state index in [2.05, 4.69) is 4.98 Å². The topological polar surface area (TPSA) is 75.5 Å². The van der Waals surface area contributed by atoms with Gasteiger partial charge < -0.3 is 9.47 Å². The van der Waals surface area contributed by atoms with Gasteiger partial charge in [0.05, 0.1) is 6.33 Å². The number of imidazole rings is 1. The van der Waals surface area contributed by atoms with E-state index in [-0.39, 0.29) is 10.9 Å². The van der Waals surface area contributed by atoms with Crippen LogP contribution < -0.4 is 0 Å². The fourth-order valence-corrected chi connectivity index (χ4v) is 4.17. The number of sulfonamides is 1. The SMILES string of the molecule is Cn1cnc(S(=O)(=O)N2CCCN(C(=O)CC3CC3)CC2)c1. The quantitative estimate of drug-likeness (QED) is 0.805. The predicted molar refractivity (Wildman–Crippen MR) is 80.5 cm³/mol.